The topological polar surface area (TPSA) is 63.2 Å². The number of carbonyl (C=O) groups is 1. The van der Waals surface area contributed by atoms with E-state index in [4.69, 9.17) is 23.7 Å². The third kappa shape index (κ3) is 8.39. The summed E-state index contributed by atoms with van der Waals surface area (Å²) >= 11 is 0. The Balaban J connectivity index is 3.07. The summed E-state index contributed by atoms with van der Waals surface area (Å²) in [5, 5.41) is 0. The monoisotopic (exact) mass is 484 g/mol. The Labute approximate surface area is 197 Å². The van der Waals surface area contributed by atoms with E-state index in [9.17, 15) is 4.79 Å². The van der Waals surface area contributed by atoms with Gasteiger partial charge in [-0.1, -0.05) is 59.7 Å². The largest absolute Gasteiger partial charge is 0.426 e. The van der Waals surface area contributed by atoms with Gasteiger partial charge in [-0.25, -0.2) is 9.78 Å². The molecule has 0 aliphatic rings. The molecule has 0 aliphatic heterocycles. The summed E-state index contributed by atoms with van der Waals surface area (Å²) in [7, 11) is -3.97. The minimum absolute atomic E-state index is 0.339. The van der Waals surface area contributed by atoms with Crippen LogP contribution in [0.5, 0.6) is 5.75 Å². The summed E-state index contributed by atoms with van der Waals surface area (Å²) in [5.41, 5.74) is 0.913. The molecule has 0 heterocycles. The second-order valence-corrected chi connectivity index (χ2v) is 18.0. The molecule has 1 aromatic carbocycles. The zero-order valence-electron chi connectivity index (χ0n) is 21.4. The zero-order valence-corrected chi connectivity index (χ0v) is 23.4. The number of ether oxygens (including phenoxy) is 1. The van der Waals surface area contributed by atoms with Crippen molar-refractivity contribution in [1.29, 1.82) is 0 Å². The SMILES string of the molecule is CC[Si](CC)(CC)OOC(C)(CCc1ccccc1OC(C)=O)OO[Si](CC)(CC)CC. The van der Waals surface area contributed by atoms with Crippen molar-refractivity contribution >= 4 is 22.6 Å². The van der Waals surface area contributed by atoms with Crippen molar-refractivity contribution in [3.8, 4) is 5.75 Å². The molecule has 0 fully saturated rings. The van der Waals surface area contributed by atoms with Crippen LogP contribution in [-0.4, -0.2) is 28.4 Å². The Morgan fingerprint density at radius 3 is 1.66 bits per heavy atom. The Kier molecular flexibility index (Phi) is 12.3. The number of aryl methyl sites for hydroxylation is 1. The summed E-state index contributed by atoms with van der Waals surface area (Å²) in [4.78, 5) is 23.6. The fourth-order valence-corrected chi connectivity index (χ4v) is 8.04. The average molecular weight is 485 g/mol. The van der Waals surface area contributed by atoms with Crippen LogP contribution in [0.2, 0.25) is 36.3 Å². The predicted molar refractivity (Wildman–Crippen MR) is 133 cm³/mol. The first-order valence-corrected chi connectivity index (χ1v) is 17.2. The second-order valence-electron chi connectivity index (χ2n) is 8.66. The first-order chi connectivity index (χ1) is 15.2. The van der Waals surface area contributed by atoms with Crippen LogP contribution in [0.15, 0.2) is 24.3 Å². The van der Waals surface area contributed by atoms with Crippen LogP contribution in [-0.2, 0) is 30.1 Å². The van der Waals surface area contributed by atoms with E-state index >= 15 is 0 Å². The van der Waals surface area contributed by atoms with Crippen molar-refractivity contribution in [2.45, 2.75) is 110 Å². The van der Waals surface area contributed by atoms with Crippen molar-refractivity contribution in [3.05, 3.63) is 29.8 Å². The molecule has 0 aromatic heterocycles. The Morgan fingerprint density at radius 1 is 0.812 bits per heavy atom. The standard InChI is InChI=1S/C24H44O6Si2/c1-9-31(10-2,11-3)29-27-24(8,28-30-32(12-4,13-5)14-6)20-19-22-17-15-16-18-23(22)26-21(7)25/h15-18H,9-14,19-20H2,1-8H3. The average Bonchev–Trinajstić information content (AvgIpc) is 2.81. The van der Waals surface area contributed by atoms with Gasteiger partial charge in [0.25, 0.3) is 0 Å². The van der Waals surface area contributed by atoms with Gasteiger partial charge in [0.15, 0.2) is 0 Å². The molecule has 0 atom stereocenters. The van der Waals surface area contributed by atoms with Gasteiger partial charge in [0.2, 0.25) is 22.4 Å². The Hall–Kier alpha value is -1.04. The highest BCUT2D eigenvalue weighted by Crippen LogP contribution is 2.32. The number of hydrogen-bond donors (Lipinski definition) is 0. The molecule has 0 N–H and O–H groups in total. The highest BCUT2D eigenvalue weighted by molar-refractivity contribution is 6.73. The molecule has 184 valence electrons. The number of hydrogen-bond acceptors (Lipinski definition) is 6. The van der Waals surface area contributed by atoms with E-state index in [0.717, 1.165) is 41.8 Å². The van der Waals surface area contributed by atoms with Gasteiger partial charge in [-0.05, 0) is 61.2 Å². The quantitative estimate of drug-likeness (QED) is 0.0619. The number of para-hydroxylation sites is 1. The molecule has 0 unspecified atom stereocenters. The van der Waals surface area contributed by atoms with Gasteiger partial charge < -0.3 is 4.74 Å². The molecule has 8 heteroatoms. The molecule has 0 aliphatic carbocycles. The van der Waals surface area contributed by atoms with E-state index in [1.54, 1.807) is 6.07 Å². The second kappa shape index (κ2) is 13.6. The maximum Gasteiger partial charge on any atom is 0.308 e. The maximum atomic E-state index is 11.5. The van der Waals surface area contributed by atoms with Crippen LogP contribution < -0.4 is 4.74 Å². The highest BCUT2D eigenvalue weighted by Gasteiger charge is 2.40. The predicted octanol–water partition coefficient (Wildman–Crippen LogP) is 7.17. The molecular weight excluding hydrogens is 440 g/mol. The molecule has 6 nitrogen and oxygen atoms in total. The summed E-state index contributed by atoms with van der Waals surface area (Å²) in [6.07, 6.45) is 1.08. The van der Waals surface area contributed by atoms with Crippen molar-refractivity contribution in [3.63, 3.8) is 0 Å². The number of carbonyl (C=O) groups excluding carboxylic acids is 1. The lowest BCUT2D eigenvalue weighted by molar-refractivity contribution is -0.462. The summed E-state index contributed by atoms with van der Waals surface area (Å²) < 4.78 is 17.7. The Morgan fingerprint density at radius 2 is 1.25 bits per heavy atom. The molecule has 1 rings (SSSR count). The van der Waals surface area contributed by atoms with E-state index in [1.807, 2.05) is 25.1 Å². The minimum Gasteiger partial charge on any atom is -0.426 e. The third-order valence-corrected chi connectivity index (χ3v) is 15.3. The number of benzene rings is 1. The van der Waals surface area contributed by atoms with Gasteiger partial charge in [0, 0.05) is 13.3 Å². The van der Waals surface area contributed by atoms with E-state index in [2.05, 4.69) is 41.5 Å². The summed E-state index contributed by atoms with van der Waals surface area (Å²) in [5.74, 6) is -0.852. The minimum atomic E-state index is -1.98. The molecule has 0 bridgehead atoms. The first kappa shape index (κ1) is 29.0. The van der Waals surface area contributed by atoms with Crippen molar-refractivity contribution in [2.24, 2.45) is 0 Å². The molecule has 0 spiro atoms. The normalized spacial score (nSPS) is 12.8. The van der Waals surface area contributed by atoms with Crippen LogP contribution in [0.25, 0.3) is 0 Å². The first-order valence-electron chi connectivity index (χ1n) is 12.2. The molecule has 0 amide bonds. The van der Waals surface area contributed by atoms with Gasteiger partial charge in [-0.3, -0.25) is 13.9 Å². The van der Waals surface area contributed by atoms with Crippen molar-refractivity contribution < 1.29 is 28.5 Å². The van der Waals surface area contributed by atoms with E-state index in [-0.39, 0.29) is 5.97 Å². The fourth-order valence-electron chi connectivity index (χ4n) is 3.63. The lowest BCUT2D eigenvalue weighted by Crippen LogP contribution is -2.45. The maximum absolute atomic E-state index is 11.5. The van der Waals surface area contributed by atoms with Gasteiger partial charge in [-0.15, -0.1) is 0 Å². The van der Waals surface area contributed by atoms with E-state index in [0.29, 0.717) is 18.6 Å². The third-order valence-electron chi connectivity index (χ3n) is 6.73. The van der Waals surface area contributed by atoms with Crippen LogP contribution in [0.3, 0.4) is 0 Å². The summed E-state index contributed by atoms with van der Waals surface area (Å²) in [6, 6.07) is 13.4. The molecule has 0 radical (unpaired) electrons. The fraction of sp³-hybridized carbons (Fsp3) is 0.708. The van der Waals surface area contributed by atoms with Crippen LogP contribution >= 0.6 is 0 Å². The number of esters is 1. The van der Waals surface area contributed by atoms with Gasteiger partial charge in [0.05, 0.1) is 0 Å². The van der Waals surface area contributed by atoms with Crippen LogP contribution in [0.4, 0.5) is 0 Å². The zero-order chi connectivity index (χ0) is 24.3. The highest BCUT2D eigenvalue weighted by atomic mass is 28.4. The lowest BCUT2D eigenvalue weighted by Gasteiger charge is -2.36. The molecule has 0 saturated heterocycles. The van der Waals surface area contributed by atoms with Gasteiger partial charge >= 0.3 is 5.97 Å². The molecule has 0 saturated carbocycles. The van der Waals surface area contributed by atoms with Crippen molar-refractivity contribution in [1.82, 2.24) is 0 Å². The van der Waals surface area contributed by atoms with Crippen LogP contribution in [0, 0.1) is 0 Å². The Bertz CT molecular complexity index is 648. The van der Waals surface area contributed by atoms with Crippen LogP contribution in [0.1, 0.15) is 67.4 Å². The van der Waals surface area contributed by atoms with E-state index in [1.165, 1.54) is 6.92 Å². The lowest BCUT2D eigenvalue weighted by atomic mass is 10.0. The summed E-state index contributed by atoms with van der Waals surface area (Å²) in [6.45, 7) is 16.3. The van der Waals surface area contributed by atoms with E-state index < -0.39 is 22.4 Å². The molecule has 32 heavy (non-hydrogen) atoms. The van der Waals surface area contributed by atoms with Crippen molar-refractivity contribution in [2.75, 3.05) is 0 Å². The smallest absolute Gasteiger partial charge is 0.308 e. The van der Waals surface area contributed by atoms with Gasteiger partial charge in [0.1, 0.15) is 5.75 Å². The number of rotatable bonds is 16. The molecular formula is C24H44O6Si2. The molecule has 1 aromatic rings. The van der Waals surface area contributed by atoms with Gasteiger partial charge in [-0.2, -0.15) is 0 Å².